The first-order chi connectivity index (χ1) is 14.6. The van der Waals surface area contributed by atoms with Crippen molar-refractivity contribution in [1.29, 1.82) is 0 Å². The summed E-state index contributed by atoms with van der Waals surface area (Å²) in [5.74, 6) is 0.972. The van der Waals surface area contributed by atoms with Gasteiger partial charge in [-0.3, -0.25) is 14.5 Å². The molecule has 2 N–H and O–H groups in total. The Morgan fingerprint density at radius 3 is 2.65 bits per heavy atom. The molecule has 4 amide bonds. The quantitative estimate of drug-likeness (QED) is 0.718. The molecule has 3 atom stereocenters. The van der Waals surface area contributed by atoms with Crippen molar-refractivity contribution in [2.24, 2.45) is 11.3 Å². The molecule has 2 fully saturated rings. The minimum absolute atomic E-state index is 0.0500. The molecule has 2 aliphatic heterocycles. The zero-order valence-corrected chi connectivity index (χ0v) is 18.6. The lowest BCUT2D eigenvalue weighted by molar-refractivity contribution is -0.137. The van der Waals surface area contributed by atoms with Crippen LogP contribution in [0, 0.1) is 11.3 Å². The van der Waals surface area contributed by atoms with Crippen molar-refractivity contribution in [1.82, 2.24) is 15.5 Å². The van der Waals surface area contributed by atoms with Crippen LogP contribution in [0.3, 0.4) is 0 Å². The number of nitrogens with one attached hydrogen (secondary N) is 2. The number of carbonyl (C=O) groups excluding carboxylic acids is 3. The van der Waals surface area contributed by atoms with Crippen molar-refractivity contribution >= 4 is 17.8 Å². The Balaban J connectivity index is 1.41. The third-order valence-electron chi connectivity index (χ3n) is 6.37. The van der Waals surface area contributed by atoms with Crippen LogP contribution >= 0.6 is 0 Å². The summed E-state index contributed by atoms with van der Waals surface area (Å²) in [7, 11) is 0. The van der Waals surface area contributed by atoms with E-state index in [0.29, 0.717) is 43.5 Å². The largest absolute Gasteiger partial charge is 0.486 e. The van der Waals surface area contributed by atoms with Crippen LogP contribution in [0.2, 0.25) is 0 Å². The summed E-state index contributed by atoms with van der Waals surface area (Å²) in [4.78, 5) is 39.6. The van der Waals surface area contributed by atoms with Crippen molar-refractivity contribution in [2.45, 2.75) is 58.5 Å². The highest BCUT2D eigenvalue weighted by molar-refractivity contribution is 6.09. The second-order valence-electron chi connectivity index (χ2n) is 9.95. The van der Waals surface area contributed by atoms with E-state index in [2.05, 4.69) is 31.4 Å². The van der Waals surface area contributed by atoms with Gasteiger partial charge < -0.3 is 20.1 Å². The maximum Gasteiger partial charge on any atom is 0.325 e. The Morgan fingerprint density at radius 1 is 1.23 bits per heavy atom. The van der Waals surface area contributed by atoms with Gasteiger partial charge in [0.15, 0.2) is 11.5 Å². The normalized spacial score (nSPS) is 27.7. The van der Waals surface area contributed by atoms with Gasteiger partial charge in [0.05, 0.1) is 6.04 Å². The van der Waals surface area contributed by atoms with Crippen LogP contribution in [0.25, 0.3) is 0 Å². The molecule has 0 radical (unpaired) electrons. The molecule has 1 saturated heterocycles. The Morgan fingerprint density at radius 2 is 1.94 bits per heavy atom. The first-order valence-corrected chi connectivity index (χ1v) is 10.9. The van der Waals surface area contributed by atoms with E-state index in [0.717, 1.165) is 16.9 Å². The molecule has 4 rings (SSSR count). The lowest BCUT2D eigenvalue weighted by Crippen LogP contribution is -2.54. The molecule has 8 heteroatoms. The van der Waals surface area contributed by atoms with Gasteiger partial charge in [0, 0.05) is 0 Å². The predicted molar refractivity (Wildman–Crippen MR) is 114 cm³/mol. The molecule has 1 aromatic rings. The highest BCUT2D eigenvalue weighted by atomic mass is 16.6. The molecule has 1 saturated carbocycles. The van der Waals surface area contributed by atoms with E-state index in [1.165, 1.54) is 0 Å². The molecule has 31 heavy (non-hydrogen) atoms. The number of hydrogen-bond donors (Lipinski definition) is 2. The molecular formula is C23H31N3O5. The van der Waals surface area contributed by atoms with Gasteiger partial charge in [0.25, 0.3) is 5.91 Å². The number of rotatable bonds is 4. The van der Waals surface area contributed by atoms with Gasteiger partial charge in [-0.1, -0.05) is 26.8 Å². The molecule has 1 spiro atoms. The summed E-state index contributed by atoms with van der Waals surface area (Å²) in [5.41, 5.74) is -0.0971. The number of benzene rings is 1. The SMILES string of the molecule is C[C@H]1CC(C)(C)C[C@@]2(C1)NC(=O)N(CC(=O)N[C@H](C)c1ccc3c(c1)OCCO3)C2=O. The van der Waals surface area contributed by atoms with Crippen LogP contribution in [0.1, 0.15) is 58.6 Å². The molecule has 8 nitrogen and oxygen atoms in total. The van der Waals surface area contributed by atoms with Crippen LogP contribution in [0.4, 0.5) is 4.79 Å². The minimum atomic E-state index is -0.903. The molecule has 2 heterocycles. The van der Waals surface area contributed by atoms with Crippen LogP contribution in [0.5, 0.6) is 11.5 Å². The maximum absolute atomic E-state index is 13.2. The Kier molecular flexibility index (Phi) is 5.35. The highest BCUT2D eigenvalue weighted by Gasteiger charge is 2.56. The molecule has 0 bridgehead atoms. The number of urea groups is 1. The Bertz CT molecular complexity index is 914. The van der Waals surface area contributed by atoms with Gasteiger partial charge in [0.2, 0.25) is 5.91 Å². The molecule has 3 aliphatic rings. The van der Waals surface area contributed by atoms with Gasteiger partial charge in [-0.05, 0) is 55.2 Å². The van der Waals surface area contributed by atoms with E-state index in [9.17, 15) is 14.4 Å². The second-order valence-corrected chi connectivity index (χ2v) is 9.95. The number of imide groups is 1. The standard InChI is InChI=1S/C23H31N3O5/c1-14-10-22(3,4)13-23(11-14)20(28)26(21(29)25-23)12-19(27)24-15(2)16-5-6-17-18(9-16)31-8-7-30-17/h5-6,9,14-15H,7-8,10-13H2,1-4H3,(H,24,27)(H,25,29)/t14-,15+,23+/m0/s1. The first-order valence-electron chi connectivity index (χ1n) is 10.9. The van der Waals surface area contributed by atoms with E-state index in [-0.39, 0.29) is 29.8 Å². The topological polar surface area (TPSA) is 97.0 Å². The molecule has 0 unspecified atom stereocenters. The summed E-state index contributed by atoms with van der Waals surface area (Å²) in [6, 6.07) is 4.73. The third kappa shape index (κ3) is 4.20. The summed E-state index contributed by atoms with van der Waals surface area (Å²) in [6.07, 6.45) is 2.19. The number of fused-ring (bicyclic) bond motifs is 1. The molecule has 1 aromatic carbocycles. The van der Waals surface area contributed by atoms with E-state index >= 15 is 0 Å². The summed E-state index contributed by atoms with van der Waals surface area (Å²) in [6.45, 7) is 8.90. The number of carbonyl (C=O) groups is 3. The van der Waals surface area contributed by atoms with Crippen molar-refractivity contribution in [3.05, 3.63) is 23.8 Å². The number of nitrogens with zero attached hydrogens (tertiary/aromatic N) is 1. The monoisotopic (exact) mass is 429 g/mol. The van der Waals surface area contributed by atoms with Crippen molar-refractivity contribution in [3.8, 4) is 11.5 Å². The van der Waals surface area contributed by atoms with Crippen LogP contribution in [-0.4, -0.2) is 48.0 Å². The smallest absolute Gasteiger partial charge is 0.325 e. The lowest BCUT2D eigenvalue weighted by atomic mass is 9.64. The van der Waals surface area contributed by atoms with Gasteiger partial charge in [0.1, 0.15) is 25.3 Å². The first kappa shape index (κ1) is 21.5. The van der Waals surface area contributed by atoms with Gasteiger partial charge in [-0.2, -0.15) is 0 Å². The number of amides is 4. The van der Waals surface area contributed by atoms with Crippen molar-refractivity contribution in [2.75, 3.05) is 19.8 Å². The number of ether oxygens (including phenoxy) is 2. The van der Waals surface area contributed by atoms with E-state index in [4.69, 9.17) is 9.47 Å². The average molecular weight is 430 g/mol. The van der Waals surface area contributed by atoms with Crippen LogP contribution < -0.4 is 20.1 Å². The second kappa shape index (κ2) is 7.73. The number of hydrogen-bond acceptors (Lipinski definition) is 5. The summed E-state index contributed by atoms with van der Waals surface area (Å²) >= 11 is 0. The average Bonchev–Trinajstić information content (AvgIpc) is 2.89. The van der Waals surface area contributed by atoms with Crippen LogP contribution in [-0.2, 0) is 9.59 Å². The highest BCUT2D eigenvalue weighted by Crippen LogP contribution is 2.46. The lowest BCUT2D eigenvalue weighted by Gasteiger charge is -2.43. The third-order valence-corrected chi connectivity index (χ3v) is 6.37. The van der Waals surface area contributed by atoms with E-state index in [1.807, 2.05) is 25.1 Å². The molecule has 1 aliphatic carbocycles. The fourth-order valence-corrected chi connectivity index (χ4v) is 5.49. The van der Waals surface area contributed by atoms with E-state index < -0.39 is 11.6 Å². The fraction of sp³-hybridized carbons (Fsp3) is 0.609. The molecular weight excluding hydrogens is 398 g/mol. The zero-order chi connectivity index (χ0) is 22.4. The Labute approximate surface area is 182 Å². The summed E-state index contributed by atoms with van der Waals surface area (Å²) in [5, 5.41) is 5.78. The molecule has 0 aromatic heterocycles. The van der Waals surface area contributed by atoms with Crippen molar-refractivity contribution in [3.63, 3.8) is 0 Å². The van der Waals surface area contributed by atoms with Crippen molar-refractivity contribution < 1.29 is 23.9 Å². The van der Waals surface area contributed by atoms with Gasteiger partial charge in [-0.25, -0.2) is 4.79 Å². The minimum Gasteiger partial charge on any atom is -0.486 e. The molecule has 168 valence electrons. The van der Waals surface area contributed by atoms with Gasteiger partial charge >= 0.3 is 6.03 Å². The van der Waals surface area contributed by atoms with E-state index in [1.54, 1.807) is 0 Å². The van der Waals surface area contributed by atoms with Gasteiger partial charge in [-0.15, -0.1) is 0 Å². The van der Waals surface area contributed by atoms with Crippen LogP contribution in [0.15, 0.2) is 18.2 Å². The fourth-order valence-electron chi connectivity index (χ4n) is 5.49. The Hall–Kier alpha value is -2.77. The predicted octanol–water partition coefficient (Wildman–Crippen LogP) is 2.77. The maximum atomic E-state index is 13.2. The zero-order valence-electron chi connectivity index (χ0n) is 18.6. The summed E-state index contributed by atoms with van der Waals surface area (Å²) < 4.78 is 11.1.